The molecular weight excluding hydrogens is 386 g/mol. The summed E-state index contributed by atoms with van der Waals surface area (Å²) in [5, 5.41) is 8.04. The van der Waals surface area contributed by atoms with Crippen LogP contribution >= 0.6 is 11.3 Å². The second-order valence-corrected chi connectivity index (χ2v) is 8.25. The standard InChI is InChI=1S/C21H31N5O2S/c1-16-14-24-20(29-16)8-9-23-21(22-2)25-15-19(26-10-12-28-13-11-26)17-4-6-18(27-3)7-5-17/h4-7,14,19H,8-13,15H2,1-3H3,(H2,22,23,25). The molecule has 2 heterocycles. The molecule has 0 spiro atoms. The lowest BCUT2D eigenvalue weighted by Crippen LogP contribution is -2.46. The second-order valence-electron chi connectivity index (χ2n) is 6.93. The minimum absolute atomic E-state index is 0.241. The molecule has 1 saturated heterocycles. The minimum Gasteiger partial charge on any atom is -0.497 e. The maximum atomic E-state index is 5.54. The zero-order valence-corrected chi connectivity index (χ0v) is 18.3. The molecule has 1 aromatic heterocycles. The average molecular weight is 418 g/mol. The number of benzene rings is 1. The molecule has 1 aromatic carbocycles. The molecule has 0 radical (unpaired) electrons. The smallest absolute Gasteiger partial charge is 0.191 e. The number of aryl methyl sites for hydroxylation is 1. The summed E-state index contributed by atoms with van der Waals surface area (Å²) in [7, 11) is 3.50. The molecule has 8 heteroatoms. The first-order valence-corrected chi connectivity index (χ1v) is 10.8. The highest BCUT2D eigenvalue weighted by molar-refractivity contribution is 7.11. The largest absolute Gasteiger partial charge is 0.497 e. The number of hydrogen-bond donors (Lipinski definition) is 2. The van der Waals surface area contributed by atoms with Gasteiger partial charge >= 0.3 is 0 Å². The molecule has 0 bridgehead atoms. The van der Waals surface area contributed by atoms with E-state index < -0.39 is 0 Å². The van der Waals surface area contributed by atoms with Gasteiger partial charge in [0.05, 0.1) is 31.4 Å². The summed E-state index contributed by atoms with van der Waals surface area (Å²) in [6.07, 6.45) is 2.82. The number of methoxy groups -OCH3 is 1. The van der Waals surface area contributed by atoms with E-state index in [2.05, 4.69) is 44.6 Å². The van der Waals surface area contributed by atoms with Crippen molar-refractivity contribution < 1.29 is 9.47 Å². The molecule has 0 saturated carbocycles. The topological polar surface area (TPSA) is 71.0 Å². The van der Waals surface area contributed by atoms with E-state index in [-0.39, 0.29) is 6.04 Å². The average Bonchev–Trinajstić information content (AvgIpc) is 3.18. The SMILES string of the molecule is CN=C(NCCc1ncc(C)s1)NCC(c1ccc(OC)cc1)N1CCOCC1. The van der Waals surface area contributed by atoms with Crippen molar-refractivity contribution in [1.82, 2.24) is 20.5 Å². The molecule has 0 amide bonds. The van der Waals surface area contributed by atoms with Gasteiger partial charge in [-0.2, -0.15) is 0 Å². The van der Waals surface area contributed by atoms with Crippen LogP contribution in [0, 0.1) is 6.92 Å². The van der Waals surface area contributed by atoms with Gasteiger partial charge in [0, 0.05) is 50.7 Å². The third-order valence-electron chi connectivity index (χ3n) is 4.97. The minimum atomic E-state index is 0.241. The maximum absolute atomic E-state index is 5.54. The second kappa shape index (κ2) is 11.1. The molecule has 2 N–H and O–H groups in total. The number of morpholine rings is 1. The highest BCUT2D eigenvalue weighted by Gasteiger charge is 2.23. The summed E-state index contributed by atoms with van der Waals surface area (Å²) in [5.41, 5.74) is 1.26. The van der Waals surface area contributed by atoms with E-state index in [9.17, 15) is 0 Å². The Bertz CT molecular complexity index is 772. The first-order valence-electron chi connectivity index (χ1n) is 10.0. The van der Waals surface area contributed by atoms with Crippen LogP contribution in [-0.4, -0.2) is 69.4 Å². The first-order chi connectivity index (χ1) is 14.2. The van der Waals surface area contributed by atoms with Gasteiger partial charge in [0.2, 0.25) is 0 Å². The molecule has 158 valence electrons. The van der Waals surface area contributed by atoms with Crippen LogP contribution in [-0.2, 0) is 11.2 Å². The lowest BCUT2D eigenvalue weighted by Gasteiger charge is -2.35. The molecular formula is C21H31N5O2S. The van der Waals surface area contributed by atoms with Crippen molar-refractivity contribution in [3.8, 4) is 5.75 Å². The Morgan fingerprint density at radius 3 is 2.66 bits per heavy atom. The van der Waals surface area contributed by atoms with Crippen LogP contribution < -0.4 is 15.4 Å². The number of rotatable bonds is 8. The van der Waals surface area contributed by atoms with Gasteiger partial charge in [0.25, 0.3) is 0 Å². The van der Waals surface area contributed by atoms with Gasteiger partial charge in [0.1, 0.15) is 5.75 Å². The number of guanidine groups is 1. The predicted octanol–water partition coefficient (Wildman–Crippen LogP) is 2.24. The van der Waals surface area contributed by atoms with E-state index in [1.54, 1.807) is 25.5 Å². The van der Waals surface area contributed by atoms with E-state index in [0.29, 0.717) is 0 Å². The lowest BCUT2D eigenvalue weighted by atomic mass is 10.0. The molecule has 1 aliphatic rings. The summed E-state index contributed by atoms with van der Waals surface area (Å²) >= 11 is 1.74. The van der Waals surface area contributed by atoms with Gasteiger partial charge in [-0.3, -0.25) is 9.89 Å². The fraction of sp³-hybridized carbons (Fsp3) is 0.524. The highest BCUT2D eigenvalue weighted by atomic mass is 32.1. The Balaban J connectivity index is 1.58. The summed E-state index contributed by atoms with van der Waals surface area (Å²) < 4.78 is 10.9. The molecule has 29 heavy (non-hydrogen) atoms. The van der Waals surface area contributed by atoms with Gasteiger partial charge in [-0.05, 0) is 24.6 Å². The number of ether oxygens (including phenoxy) is 2. The third-order valence-corrected chi connectivity index (χ3v) is 5.95. The van der Waals surface area contributed by atoms with Crippen molar-refractivity contribution in [3.63, 3.8) is 0 Å². The van der Waals surface area contributed by atoms with Crippen molar-refractivity contribution in [2.45, 2.75) is 19.4 Å². The lowest BCUT2D eigenvalue weighted by molar-refractivity contribution is 0.0170. The van der Waals surface area contributed by atoms with Gasteiger partial charge < -0.3 is 20.1 Å². The summed E-state index contributed by atoms with van der Waals surface area (Å²) in [4.78, 5) is 12.5. The van der Waals surface area contributed by atoms with Gasteiger partial charge in [0.15, 0.2) is 5.96 Å². The summed E-state index contributed by atoms with van der Waals surface area (Å²) in [6, 6.07) is 8.56. The zero-order valence-electron chi connectivity index (χ0n) is 17.5. The molecule has 3 rings (SSSR count). The van der Waals surface area contributed by atoms with Crippen molar-refractivity contribution >= 4 is 17.3 Å². The number of hydrogen-bond acceptors (Lipinski definition) is 6. The van der Waals surface area contributed by atoms with E-state index in [0.717, 1.165) is 62.5 Å². The van der Waals surface area contributed by atoms with E-state index >= 15 is 0 Å². The Labute approximate surface area is 177 Å². The number of nitrogens with zero attached hydrogens (tertiary/aromatic N) is 3. The van der Waals surface area contributed by atoms with E-state index in [4.69, 9.17) is 9.47 Å². The summed E-state index contributed by atoms with van der Waals surface area (Å²) in [6.45, 7) is 7.04. The van der Waals surface area contributed by atoms with E-state index in [1.807, 2.05) is 18.3 Å². The Morgan fingerprint density at radius 2 is 2.03 bits per heavy atom. The normalized spacial score (nSPS) is 16.4. The quantitative estimate of drug-likeness (QED) is 0.507. The van der Waals surface area contributed by atoms with Crippen molar-refractivity contribution in [3.05, 3.63) is 45.9 Å². The van der Waals surface area contributed by atoms with Crippen LogP contribution in [0.25, 0.3) is 0 Å². The summed E-state index contributed by atoms with van der Waals surface area (Å²) in [5.74, 6) is 1.68. The number of aromatic nitrogens is 1. The van der Waals surface area contributed by atoms with Crippen LogP contribution in [0.5, 0.6) is 5.75 Å². The van der Waals surface area contributed by atoms with Crippen LogP contribution in [0.15, 0.2) is 35.5 Å². The molecule has 1 aliphatic heterocycles. The highest BCUT2D eigenvalue weighted by Crippen LogP contribution is 2.23. The van der Waals surface area contributed by atoms with Crippen molar-refractivity contribution in [2.24, 2.45) is 4.99 Å². The molecule has 2 aromatic rings. The van der Waals surface area contributed by atoms with Crippen LogP contribution in [0.1, 0.15) is 21.5 Å². The number of thiazole rings is 1. The monoisotopic (exact) mass is 417 g/mol. The molecule has 1 atom stereocenters. The van der Waals surface area contributed by atoms with Crippen LogP contribution in [0.4, 0.5) is 0 Å². The number of nitrogens with one attached hydrogen (secondary N) is 2. The van der Waals surface area contributed by atoms with Gasteiger partial charge in [-0.15, -0.1) is 11.3 Å². The van der Waals surface area contributed by atoms with Crippen molar-refractivity contribution in [1.29, 1.82) is 0 Å². The van der Waals surface area contributed by atoms with Gasteiger partial charge in [-0.25, -0.2) is 4.98 Å². The predicted molar refractivity (Wildman–Crippen MR) is 118 cm³/mol. The molecule has 0 aliphatic carbocycles. The molecule has 1 fully saturated rings. The number of aliphatic imine (C=N–C) groups is 1. The van der Waals surface area contributed by atoms with E-state index in [1.165, 1.54) is 10.4 Å². The molecule has 7 nitrogen and oxygen atoms in total. The Morgan fingerprint density at radius 1 is 1.28 bits per heavy atom. The van der Waals surface area contributed by atoms with Crippen LogP contribution in [0.3, 0.4) is 0 Å². The van der Waals surface area contributed by atoms with Gasteiger partial charge in [-0.1, -0.05) is 12.1 Å². The third kappa shape index (κ3) is 6.42. The molecule has 1 unspecified atom stereocenters. The first kappa shape index (κ1) is 21.5. The van der Waals surface area contributed by atoms with Crippen molar-refractivity contribution in [2.75, 3.05) is 53.6 Å². The Kier molecular flexibility index (Phi) is 8.27. The van der Waals surface area contributed by atoms with Crippen LogP contribution in [0.2, 0.25) is 0 Å². The zero-order chi connectivity index (χ0) is 20.5. The fourth-order valence-corrected chi connectivity index (χ4v) is 4.18. The fourth-order valence-electron chi connectivity index (χ4n) is 3.39. The maximum Gasteiger partial charge on any atom is 0.191 e. The Hall–Kier alpha value is -2.16.